The van der Waals surface area contributed by atoms with Crippen molar-refractivity contribution >= 4 is 11.7 Å². The maximum absolute atomic E-state index is 15.0. The van der Waals surface area contributed by atoms with Gasteiger partial charge in [-0.05, 0) is 149 Å². The smallest absolute Gasteiger partial charge is 0.243 e. The van der Waals surface area contributed by atoms with E-state index < -0.39 is 47.5 Å². The Morgan fingerprint density at radius 1 is 0.940 bits per heavy atom. The van der Waals surface area contributed by atoms with Gasteiger partial charge in [0.05, 0.1) is 30.0 Å². The molecule has 11 atom stereocenters. The van der Waals surface area contributed by atoms with Crippen molar-refractivity contribution in [3.05, 3.63) is 129 Å². The fraction of sp³-hybridized carbons (Fsp3) is 0.544. The number of carbonyl (C=O) groups excluding carboxylic acids is 2. The van der Waals surface area contributed by atoms with E-state index in [1.807, 2.05) is 50.2 Å². The van der Waals surface area contributed by atoms with Crippen molar-refractivity contribution in [3.63, 3.8) is 0 Å². The number of ketones is 1. The second-order valence-corrected chi connectivity index (χ2v) is 20.8. The van der Waals surface area contributed by atoms with Gasteiger partial charge in [0.25, 0.3) is 0 Å². The summed E-state index contributed by atoms with van der Waals surface area (Å²) in [5, 5.41) is 55.6. The predicted octanol–water partition coefficient (Wildman–Crippen LogP) is 7.41. The molecule has 2 aromatic carbocycles. The van der Waals surface area contributed by atoms with Gasteiger partial charge in [-0.1, -0.05) is 108 Å². The Morgan fingerprint density at radius 2 is 1.75 bits per heavy atom. The molecule has 0 unspecified atom stereocenters. The van der Waals surface area contributed by atoms with Crippen molar-refractivity contribution in [2.45, 2.75) is 159 Å². The highest BCUT2D eigenvalue weighted by atomic mass is 16.5. The Bertz CT molecular complexity index is 2380. The van der Waals surface area contributed by atoms with Gasteiger partial charge in [-0.15, -0.1) is 0 Å². The van der Waals surface area contributed by atoms with E-state index in [2.05, 4.69) is 66.3 Å². The summed E-state index contributed by atoms with van der Waals surface area (Å²) in [6.07, 6.45) is 13.7. The Labute approximate surface area is 397 Å². The minimum atomic E-state index is -1.30. The number of aryl methyl sites for hydroxylation is 1. The molecule has 2 bridgehead atoms. The van der Waals surface area contributed by atoms with Crippen LogP contribution in [-0.4, -0.2) is 75.3 Å². The first kappa shape index (κ1) is 49.0. The van der Waals surface area contributed by atoms with Crippen molar-refractivity contribution in [2.75, 3.05) is 13.2 Å². The number of nitrogens with one attached hydrogen (secondary N) is 2. The summed E-state index contributed by atoms with van der Waals surface area (Å²) in [4.78, 5) is 28.6. The Kier molecular flexibility index (Phi) is 15.4. The van der Waals surface area contributed by atoms with Crippen LogP contribution in [0.4, 0.5) is 0 Å². The van der Waals surface area contributed by atoms with Gasteiger partial charge < -0.3 is 36.2 Å². The predicted molar refractivity (Wildman–Crippen MR) is 262 cm³/mol. The molecular weight excluding hydrogens is 839 g/mol. The summed E-state index contributed by atoms with van der Waals surface area (Å²) in [7, 11) is 0. The first-order valence-corrected chi connectivity index (χ1v) is 24.9. The number of allylic oxidation sites excluding steroid dienone is 8. The number of nitrogens with two attached hydrogens (primary N) is 1. The van der Waals surface area contributed by atoms with Crippen LogP contribution in [0.15, 0.2) is 101 Å². The van der Waals surface area contributed by atoms with Gasteiger partial charge in [0.1, 0.15) is 18.8 Å². The highest BCUT2D eigenvalue weighted by molar-refractivity contribution is 5.98. The van der Waals surface area contributed by atoms with Crippen LogP contribution >= 0.6 is 0 Å². The number of fused-ring (bicyclic) bond motifs is 7. The lowest BCUT2D eigenvalue weighted by Gasteiger charge is -2.56. The number of carbonyl (C=O) groups is 2. The van der Waals surface area contributed by atoms with E-state index in [-0.39, 0.29) is 49.2 Å². The zero-order valence-corrected chi connectivity index (χ0v) is 39.9. The van der Waals surface area contributed by atoms with Gasteiger partial charge in [0, 0.05) is 30.7 Å². The lowest BCUT2D eigenvalue weighted by atomic mass is 9.52. The van der Waals surface area contributed by atoms with Gasteiger partial charge in [-0.3, -0.25) is 14.9 Å². The molecule has 1 amide bonds. The molecule has 3 aliphatic carbocycles. The van der Waals surface area contributed by atoms with E-state index >= 15 is 0 Å². The zero-order valence-electron chi connectivity index (χ0n) is 39.9. The third kappa shape index (κ3) is 10.4. The van der Waals surface area contributed by atoms with Gasteiger partial charge in [0.15, 0.2) is 5.78 Å². The molecule has 0 radical (unpaired) electrons. The molecular formula is C57H73N3O7. The fourth-order valence-electron chi connectivity index (χ4n) is 12.8. The molecule has 10 heteroatoms. The van der Waals surface area contributed by atoms with E-state index in [9.17, 15) is 30.0 Å². The molecule has 3 heterocycles. The van der Waals surface area contributed by atoms with Crippen LogP contribution in [0, 0.1) is 35.0 Å². The van der Waals surface area contributed by atoms with Crippen molar-refractivity contribution in [1.29, 1.82) is 0 Å². The van der Waals surface area contributed by atoms with Crippen LogP contribution in [0.5, 0.6) is 0 Å². The number of aliphatic hydroxyl groups is 4. The number of rotatable bonds is 0. The van der Waals surface area contributed by atoms with Crippen LogP contribution in [0.3, 0.4) is 0 Å². The third-order valence-corrected chi connectivity index (χ3v) is 16.4. The highest BCUT2D eigenvalue weighted by Gasteiger charge is 2.67. The van der Waals surface area contributed by atoms with E-state index in [0.29, 0.717) is 74.5 Å². The van der Waals surface area contributed by atoms with Crippen LogP contribution in [0.2, 0.25) is 0 Å². The molecule has 67 heavy (non-hydrogen) atoms. The molecule has 0 aromatic heterocycles. The van der Waals surface area contributed by atoms with Crippen LogP contribution < -0.4 is 16.4 Å². The molecule has 3 fully saturated rings. The first-order valence-electron chi connectivity index (χ1n) is 24.9. The van der Waals surface area contributed by atoms with Crippen molar-refractivity contribution in [1.82, 2.24) is 10.6 Å². The maximum atomic E-state index is 15.0. The summed E-state index contributed by atoms with van der Waals surface area (Å²) in [6.45, 7) is 10.6. The second-order valence-electron chi connectivity index (χ2n) is 20.8. The van der Waals surface area contributed by atoms with Gasteiger partial charge in [0.2, 0.25) is 5.91 Å². The number of amides is 1. The third-order valence-electron chi connectivity index (χ3n) is 16.4. The van der Waals surface area contributed by atoms with E-state index in [4.69, 9.17) is 10.5 Å². The van der Waals surface area contributed by atoms with Crippen molar-refractivity contribution in [3.8, 4) is 11.8 Å². The molecule has 8 rings (SSSR count). The average molecular weight is 912 g/mol. The number of hydrogen-bond acceptors (Lipinski definition) is 9. The summed E-state index contributed by atoms with van der Waals surface area (Å²) in [5.41, 5.74) is 13.0. The minimum absolute atomic E-state index is 0.0163. The topological polar surface area (TPSA) is 174 Å². The molecule has 0 saturated heterocycles. The number of hydrogen-bond donors (Lipinski definition) is 7. The van der Waals surface area contributed by atoms with Crippen LogP contribution in [0.25, 0.3) is 0 Å². The second kappa shape index (κ2) is 21.1. The summed E-state index contributed by atoms with van der Waals surface area (Å²) in [6, 6.07) is 12.9. The van der Waals surface area contributed by atoms with Gasteiger partial charge in [-0.25, -0.2) is 0 Å². The molecule has 3 saturated carbocycles. The molecule has 3 aliphatic heterocycles. The monoisotopic (exact) mass is 912 g/mol. The Balaban J connectivity index is 1.21. The lowest BCUT2D eigenvalue weighted by molar-refractivity contribution is -0.169. The SMILES string of the molecule is C=C1/C=C/C=C2\[C@H]3[C@H](CCC[C@@H]2OCC#CC/C(C)=C/CC1)C[C@@]1([C@@H]2CC[C@@H](O)Cc4cccc(c4)CC[C@@H](O)CN[C@H]4C(=O)N[C@@H](N)c5cccc(c54)CC(=O)/C(C)=C/2CC[C@@]1(C)O)[C@@H]3O. The summed E-state index contributed by atoms with van der Waals surface area (Å²) in [5.74, 6) is 5.41. The molecule has 358 valence electrons. The molecule has 10 nitrogen and oxygen atoms in total. The standard InChI is InChI=1S/C57H73N3O7/c1-35-12-5-6-29-67-49-22-11-19-41-33-57(53(64)51(41)45(49)20-8-15-36(2)14-7-13-35)47-26-25-42(61)31-39-17-9-16-38(30-39)23-24-43(62)34-59-52-50-40(18-10-21-46(50)54(58)60-55(52)65)32-48(63)37(3)44(47)27-28-56(57,4)66/h8-10,13,15-18,20-21,30,41-43,47,49,51-54,59,61-62,64,66H,2,7,11-12,14,19,22-29,31-34,58H2,1,3-4H3,(H,60,65)/b15-8+,35-13+,44-37+,45-20-/t41-,42-,43-,47-,49+,51-,52-,53-,54-,56-,57-/m1/s1. The number of benzene rings is 2. The van der Waals surface area contributed by atoms with E-state index in [0.717, 1.165) is 65.5 Å². The first-order chi connectivity index (χ1) is 32.2. The van der Waals surface area contributed by atoms with Gasteiger partial charge in [-0.2, -0.15) is 0 Å². The van der Waals surface area contributed by atoms with Crippen molar-refractivity contribution in [2.24, 2.45) is 28.9 Å². The number of β-amino-alcohol motifs (C(OH)–C–C–N with tert-alkyl or cyclic N) is 1. The number of Topliss-reactive ketones (excluding diaryl/α,β-unsaturated/α-hetero) is 1. The van der Waals surface area contributed by atoms with E-state index in [1.165, 1.54) is 5.57 Å². The van der Waals surface area contributed by atoms with Crippen molar-refractivity contribution < 1.29 is 34.8 Å². The number of ether oxygens (including phenoxy) is 1. The summed E-state index contributed by atoms with van der Waals surface area (Å²) >= 11 is 0. The largest absolute Gasteiger partial charge is 0.393 e. The number of aliphatic hydroxyl groups excluding tert-OH is 3. The Hall–Kier alpha value is -4.44. The maximum Gasteiger partial charge on any atom is 0.243 e. The lowest BCUT2D eigenvalue weighted by Crippen LogP contribution is -2.59. The zero-order chi connectivity index (χ0) is 47.5. The van der Waals surface area contributed by atoms with E-state index in [1.54, 1.807) is 0 Å². The molecule has 1 spiro atoms. The Morgan fingerprint density at radius 3 is 2.58 bits per heavy atom. The highest BCUT2D eigenvalue weighted by Crippen LogP contribution is 2.66. The van der Waals surface area contributed by atoms with Crippen LogP contribution in [-0.2, 0) is 33.6 Å². The summed E-state index contributed by atoms with van der Waals surface area (Å²) < 4.78 is 6.63. The normalized spacial score (nSPS) is 38.0. The average Bonchev–Trinajstić information content (AvgIpc) is 3.46. The molecule has 8 N–H and O–H groups in total. The minimum Gasteiger partial charge on any atom is -0.393 e. The van der Waals surface area contributed by atoms with Crippen LogP contribution in [0.1, 0.15) is 138 Å². The fourth-order valence-corrected chi connectivity index (χ4v) is 12.8. The molecule has 6 aliphatic rings. The quantitative estimate of drug-likeness (QED) is 0.105. The van der Waals surface area contributed by atoms with Gasteiger partial charge >= 0.3 is 0 Å². The molecule has 2 aromatic rings.